The molecule has 3 amide bonds. The van der Waals surface area contributed by atoms with Gasteiger partial charge in [0.05, 0.1) is 11.8 Å². The third-order valence-corrected chi connectivity index (χ3v) is 6.23. The first-order valence-corrected chi connectivity index (χ1v) is 10.0. The Morgan fingerprint density at radius 2 is 1.63 bits per heavy atom. The highest BCUT2D eigenvalue weighted by Gasteiger charge is 2.58. The van der Waals surface area contributed by atoms with Crippen molar-refractivity contribution in [2.24, 2.45) is 23.7 Å². The number of hydrogen-bond acceptors (Lipinski definition) is 3. The van der Waals surface area contributed by atoms with E-state index in [9.17, 15) is 14.4 Å². The van der Waals surface area contributed by atoms with Gasteiger partial charge in [-0.25, -0.2) is 0 Å². The summed E-state index contributed by atoms with van der Waals surface area (Å²) in [5.74, 6) is 0.291. The van der Waals surface area contributed by atoms with Gasteiger partial charge in [-0.3, -0.25) is 19.3 Å². The number of carbonyl (C=O) groups excluding carboxylic acids is 3. The Morgan fingerprint density at radius 3 is 2.26 bits per heavy atom. The van der Waals surface area contributed by atoms with Crippen LogP contribution in [-0.2, 0) is 14.4 Å². The minimum absolute atomic E-state index is 0.0160. The molecule has 2 fully saturated rings. The number of fused-ring (bicyclic) bond motifs is 5. The first-order valence-electron chi connectivity index (χ1n) is 9.63. The number of benzene rings is 1. The van der Waals surface area contributed by atoms with Gasteiger partial charge in [-0.1, -0.05) is 30.2 Å². The number of nitrogens with zero attached hydrogens (tertiary/aromatic N) is 1. The third-order valence-electron chi connectivity index (χ3n) is 5.98. The van der Waals surface area contributed by atoms with Crippen molar-refractivity contribution in [1.29, 1.82) is 0 Å². The lowest BCUT2D eigenvalue weighted by molar-refractivity contribution is -0.140. The summed E-state index contributed by atoms with van der Waals surface area (Å²) >= 11 is 5.82. The molecule has 4 rings (SSSR count). The number of rotatable bonds is 7. The van der Waals surface area contributed by atoms with Crippen LogP contribution in [0.15, 0.2) is 36.4 Å². The average Bonchev–Trinajstić information content (AvgIpc) is 3.32. The molecule has 1 N–H and O–H groups in total. The molecule has 2 bridgehead atoms. The van der Waals surface area contributed by atoms with Crippen LogP contribution in [0.3, 0.4) is 0 Å². The van der Waals surface area contributed by atoms with Crippen molar-refractivity contribution >= 4 is 35.0 Å². The number of unbranched alkanes of at least 4 members (excludes halogenated alkanes) is 2. The lowest BCUT2D eigenvalue weighted by Gasteiger charge is -2.17. The number of nitrogens with one attached hydrogen (secondary N) is 1. The molecule has 27 heavy (non-hydrogen) atoms. The molecular weight excluding hydrogens is 364 g/mol. The van der Waals surface area contributed by atoms with Gasteiger partial charge in [0, 0.05) is 23.7 Å². The van der Waals surface area contributed by atoms with E-state index in [0.717, 1.165) is 31.4 Å². The minimum Gasteiger partial charge on any atom is -0.326 e. The molecule has 142 valence electrons. The normalized spacial score (nSPS) is 28.1. The van der Waals surface area contributed by atoms with Gasteiger partial charge in [-0.05, 0) is 55.4 Å². The van der Waals surface area contributed by atoms with E-state index < -0.39 is 0 Å². The van der Waals surface area contributed by atoms with E-state index in [1.165, 1.54) is 4.90 Å². The van der Waals surface area contributed by atoms with Crippen molar-refractivity contribution < 1.29 is 14.4 Å². The highest BCUT2D eigenvalue weighted by atomic mass is 35.5. The predicted molar refractivity (Wildman–Crippen MR) is 103 cm³/mol. The van der Waals surface area contributed by atoms with E-state index in [0.29, 0.717) is 18.0 Å². The smallest absolute Gasteiger partial charge is 0.233 e. The standard InChI is InChI=1S/C21H23ClN2O3/c22-15-7-9-16(10-8-15)23-17(25)4-2-1-3-11-24-20(26)18-13-5-6-14(12-13)19(18)21(24)27/h5-10,13-14,18-19H,1-4,11-12H2,(H,23,25). The molecule has 5 nitrogen and oxygen atoms in total. The van der Waals surface area contributed by atoms with Crippen LogP contribution in [0.2, 0.25) is 5.02 Å². The second-order valence-electron chi connectivity index (χ2n) is 7.69. The van der Waals surface area contributed by atoms with E-state index in [1.807, 2.05) is 0 Å². The third kappa shape index (κ3) is 3.53. The molecule has 1 aromatic rings. The van der Waals surface area contributed by atoms with Crippen molar-refractivity contribution in [1.82, 2.24) is 4.90 Å². The average molecular weight is 387 g/mol. The Bertz CT molecular complexity index is 759. The molecule has 4 atom stereocenters. The monoisotopic (exact) mass is 386 g/mol. The summed E-state index contributed by atoms with van der Waals surface area (Å²) in [6, 6.07) is 7.00. The van der Waals surface area contributed by atoms with Crippen LogP contribution in [0, 0.1) is 23.7 Å². The molecule has 3 aliphatic rings. The Balaban J connectivity index is 1.18. The summed E-state index contributed by atoms with van der Waals surface area (Å²) in [6.45, 7) is 0.475. The molecule has 6 heteroatoms. The minimum atomic E-state index is -0.113. The van der Waals surface area contributed by atoms with Crippen molar-refractivity contribution in [2.75, 3.05) is 11.9 Å². The van der Waals surface area contributed by atoms with E-state index in [-0.39, 0.29) is 41.4 Å². The number of likely N-dealkylation sites (tertiary alicyclic amines) is 1. The van der Waals surface area contributed by atoms with Gasteiger partial charge in [0.1, 0.15) is 0 Å². The number of hydrogen-bond donors (Lipinski definition) is 1. The van der Waals surface area contributed by atoms with Crippen molar-refractivity contribution in [3.8, 4) is 0 Å². The molecule has 0 aromatic heterocycles. The summed E-state index contributed by atoms with van der Waals surface area (Å²) < 4.78 is 0. The van der Waals surface area contributed by atoms with E-state index >= 15 is 0 Å². The van der Waals surface area contributed by atoms with Gasteiger partial charge in [-0.15, -0.1) is 0 Å². The number of imide groups is 1. The van der Waals surface area contributed by atoms with E-state index in [4.69, 9.17) is 11.6 Å². The van der Waals surface area contributed by atoms with E-state index in [2.05, 4.69) is 17.5 Å². The van der Waals surface area contributed by atoms with Crippen LogP contribution in [0.5, 0.6) is 0 Å². The van der Waals surface area contributed by atoms with Gasteiger partial charge >= 0.3 is 0 Å². The maximum absolute atomic E-state index is 12.6. The summed E-state index contributed by atoms with van der Waals surface area (Å²) in [6.07, 6.45) is 7.89. The van der Waals surface area contributed by atoms with Crippen LogP contribution in [0.25, 0.3) is 0 Å². The van der Waals surface area contributed by atoms with Gasteiger partial charge in [0.15, 0.2) is 0 Å². The zero-order valence-corrected chi connectivity index (χ0v) is 15.8. The van der Waals surface area contributed by atoms with Crippen molar-refractivity contribution in [2.45, 2.75) is 32.1 Å². The SMILES string of the molecule is O=C(CCCCCN1C(=O)C2C3C=CC(C3)C2C1=O)Nc1ccc(Cl)cc1. The highest BCUT2D eigenvalue weighted by molar-refractivity contribution is 6.30. The first-order chi connectivity index (χ1) is 13.0. The van der Waals surface area contributed by atoms with Crippen LogP contribution in [-0.4, -0.2) is 29.2 Å². The van der Waals surface area contributed by atoms with Crippen LogP contribution in [0.1, 0.15) is 32.1 Å². The fourth-order valence-electron chi connectivity index (χ4n) is 4.67. The molecule has 0 radical (unpaired) electrons. The Labute approximate surface area is 163 Å². The van der Waals surface area contributed by atoms with Gasteiger partial charge in [0.25, 0.3) is 0 Å². The van der Waals surface area contributed by atoms with E-state index in [1.54, 1.807) is 24.3 Å². The molecule has 4 unspecified atom stereocenters. The van der Waals surface area contributed by atoms with Crippen molar-refractivity contribution in [3.63, 3.8) is 0 Å². The Morgan fingerprint density at radius 1 is 1.00 bits per heavy atom. The molecule has 1 saturated heterocycles. The number of carbonyl (C=O) groups is 3. The van der Waals surface area contributed by atoms with Crippen LogP contribution < -0.4 is 5.32 Å². The molecule has 1 heterocycles. The second-order valence-corrected chi connectivity index (χ2v) is 8.13. The van der Waals surface area contributed by atoms with Crippen LogP contribution >= 0.6 is 11.6 Å². The lowest BCUT2D eigenvalue weighted by atomic mass is 9.85. The summed E-state index contributed by atoms with van der Waals surface area (Å²) in [7, 11) is 0. The maximum atomic E-state index is 12.6. The molecule has 1 aromatic carbocycles. The zero-order chi connectivity index (χ0) is 19.0. The number of allylic oxidation sites excluding steroid dienone is 2. The lowest BCUT2D eigenvalue weighted by Crippen LogP contribution is -2.33. The van der Waals surface area contributed by atoms with Gasteiger partial charge in [-0.2, -0.15) is 0 Å². The number of amides is 3. The fraction of sp³-hybridized carbons (Fsp3) is 0.476. The summed E-state index contributed by atoms with van der Waals surface area (Å²) in [4.78, 5) is 38.6. The number of halogens is 1. The topological polar surface area (TPSA) is 66.5 Å². The van der Waals surface area contributed by atoms with Crippen LogP contribution in [0.4, 0.5) is 5.69 Å². The highest BCUT2D eigenvalue weighted by Crippen LogP contribution is 2.52. The predicted octanol–water partition coefficient (Wildman–Crippen LogP) is 3.65. The molecule has 1 aliphatic heterocycles. The quantitative estimate of drug-likeness (QED) is 0.442. The van der Waals surface area contributed by atoms with Gasteiger partial charge < -0.3 is 5.32 Å². The Hall–Kier alpha value is -2.14. The molecule has 0 spiro atoms. The summed E-state index contributed by atoms with van der Waals surface area (Å²) in [5, 5.41) is 3.47. The Kier molecular flexibility index (Phi) is 5.04. The second kappa shape index (κ2) is 7.47. The molecule has 1 saturated carbocycles. The number of anilines is 1. The maximum Gasteiger partial charge on any atom is 0.233 e. The van der Waals surface area contributed by atoms with Gasteiger partial charge in [0.2, 0.25) is 17.7 Å². The molecular formula is C21H23ClN2O3. The molecule has 2 aliphatic carbocycles. The fourth-order valence-corrected chi connectivity index (χ4v) is 4.80. The first kappa shape index (κ1) is 18.2. The van der Waals surface area contributed by atoms with Crippen molar-refractivity contribution in [3.05, 3.63) is 41.4 Å². The summed E-state index contributed by atoms with van der Waals surface area (Å²) in [5.41, 5.74) is 0.729. The largest absolute Gasteiger partial charge is 0.326 e. The zero-order valence-electron chi connectivity index (χ0n) is 15.1.